The molecule has 0 aliphatic carbocycles. The van der Waals surface area contributed by atoms with Crippen LogP contribution in [0.1, 0.15) is 22.3 Å². The van der Waals surface area contributed by atoms with Gasteiger partial charge in [0.15, 0.2) is 0 Å². The summed E-state index contributed by atoms with van der Waals surface area (Å²) < 4.78 is 0.953. The van der Waals surface area contributed by atoms with Crippen molar-refractivity contribution in [3.8, 4) is 11.9 Å². The van der Waals surface area contributed by atoms with E-state index in [-0.39, 0.29) is 11.4 Å². The molecule has 0 aliphatic heterocycles. The first-order valence-corrected chi connectivity index (χ1v) is 6.89. The number of nitrogens with one attached hydrogen (secondary N) is 1. The molecular weight excluding hydrogens is 334 g/mol. The summed E-state index contributed by atoms with van der Waals surface area (Å²) in [6, 6.07) is 7.44. The first kappa shape index (κ1) is 15.0. The van der Waals surface area contributed by atoms with Crippen molar-refractivity contribution < 1.29 is 5.11 Å². The number of pyridine rings is 1. The van der Waals surface area contributed by atoms with Gasteiger partial charge in [0.25, 0.3) is 5.56 Å². The Morgan fingerprint density at radius 3 is 2.76 bits per heavy atom. The van der Waals surface area contributed by atoms with Crippen LogP contribution in [0.25, 0.3) is 0 Å². The molecule has 0 atom stereocenters. The molecule has 1 heterocycles. The van der Waals surface area contributed by atoms with Gasteiger partial charge in [-0.15, -0.1) is 0 Å². The van der Waals surface area contributed by atoms with Crippen LogP contribution in [0, 0.1) is 25.2 Å². The monoisotopic (exact) mass is 345 g/mol. The molecule has 21 heavy (non-hydrogen) atoms. The molecule has 2 rings (SSSR count). The number of aryl methyl sites for hydroxylation is 1. The smallest absolute Gasteiger partial charge is 0.268 e. The van der Waals surface area contributed by atoms with E-state index in [1.54, 1.807) is 6.92 Å². The Hall–Kier alpha value is -2.39. The predicted molar refractivity (Wildman–Crippen MR) is 84.3 cm³/mol. The SMILES string of the molecule is Cc1cc(Br)ccc1N=Cc1c(O)[nH]c(=O)c(C#N)c1C. The molecule has 6 heteroatoms. The molecule has 0 saturated carbocycles. The lowest BCUT2D eigenvalue weighted by molar-refractivity contribution is 0.450. The van der Waals surface area contributed by atoms with E-state index in [0.29, 0.717) is 11.1 Å². The minimum absolute atomic E-state index is 0.0261. The Kier molecular flexibility index (Phi) is 4.24. The average molecular weight is 346 g/mol. The van der Waals surface area contributed by atoms with Crippen molar-refractivity contribution in [2.24, 2.45) is 4.99 Å². The van der Waals surface area contributed by atoms with Crippen molar-refractivity contribution in [3.63, 3.8) is 0 Å². The highest BCUT2D eigenvalue weighted by atomic mass is 79.9. The van der Waals surface area contributed by atoms with Crippen molar-refractivity contribution in [2.75, 3.05) is 0 Å². The number of hydrogen-bond acceptors (Lipinski definition) is 4. The van der Waals surface area contributed by atoms with Crippen LogP contribution in [-0.4, -0.2) is 16.3 Å². The molecule has 0 spiro atoms. The fourth-order valence-electron chi connectivity index (χ4n) is 1.91. The summed E-state index contributed by atoms with van der Waals surface area (Å²) >= 11 is 3.37. The van der Waals surface area contributed by atoms with Gasteiger partial charge in [0.2, 0.25) is 5.88 Å². The molecule has 2 N–H and O–H groups in total. The van der Waals surface area contributed by atoms with Gasteiger partial charge in [-0.3, -0.25) is 14.8 Å². The second-order valence-corrected chi connectivity index (χ2v) is 5.43. The molecule has 106 valence electrons. The zero-order valence-corrected chi connectivity index (χ0v) is 13.0. The second-order valence-electron chi connectivity index (χ2n) is 4.52. The Bertz CT molecular complexity index is 832. The summed E-state index contributed by atoms with van der Waals surface area (Å²) in [5.74, 6) is -0.296. The van der Waals surface area contributed by atoms with E-state index in [1.807, 2.05) is 31.2 Å². The number of H-pyrrole nitrogens is 1. The van der Waals surface area contributed by atoms with Crippen molar-refractivity contribution in [1.29, 1.82) is 5.26 Å². The van der Waals surface area contributed by atoms with E-state index in [1.165, 1.54) is 6.21 Å². The maximum Gasteiger partial charge on any atom is 0.268 e. The number of hydrogen-bond donors (Lipinski definition) is 2. The lowest BCUT2D eigenvalue weighted by Crippen LogP contribution is -2.14. The zero-order valence-electron chi connectivity index (χ0n) is 11.4. The number of aromatic amines is 1. The van der Waals surface area contributed by atoms with Crippen LogP contribution in [0.2, 0.25) is 0 Å². The number of rotatable bonds is 2. The van der Waals surface area contributed by atoms with Crippen LogP contribution >= 0.6 is 15.9 Å². The Labute approximate surface area is 129 Å². The quantitative estimate of drug-likeness (QED) is 0.819. The summed E-state index contributed by atoms with van der Waals surface area (Å²) in [4.78, 5) is 18.1. The minimum atomic E-state index is -0.607. The molecule has 5 nitrogen and oxygen atoms in total. The third-order valence-corrected chi connectivity index (χ3v) is 3.59. The third-order valence-electron chi connectivity index (χ3n) is 3.10. The highest BCUT2D eigenvalue weighted by molar-refractivity contribution is 9.10. The van der Waals surface area contributed by atoms with Crippen LogP contribution in [0.5, 0.6) is 5.88 Å². The average Bonchev–Trinajstić information content (AvgIpc) is 2.40. The molecule has 0 radical (unpaired) electrons. The van der Waals surface area contributed by atoms with Crippen LogP contribution in [0.15, 0.2) is 32.5 Å². The lowest BCUT2D eigenvalue weighted by atomic mass is 10.1. The van der Waals surface area contributed by atoms with E-state index in [9.17, 15) is 9.90 Å². The van der Waals surface area contributed by atoms with E-state index in [0.717, 1.165) is 15.7 Å². The number of nitrogens with zero attached hydrogens (tertiary/aromatic N) is 2. The lowest BCUT2D eigenvalue weighted by Gasteiger charge is -2.05. The summed E-state index contributed by atoms with van der Waals surface area (Å²) in [5, 5.41) is 18.8. The molecule has 1 aromatic carbocycles. The van der Waals surface area contributed by atoms with Crippen LogP contribution < -0.4 is 5.56 Å². The zero-order chi connectivity index (χ0) is 15.6. The predicted octanol–water partition coefficient (Wildman–Crippen LogP) is 3.08. The molecule has 0 unspecified atom stereocenters. The first-order chi connectivity index (χ1) is 9.93. The van der Waals surface area contributed by atoms with Gasteiger partial charge in [-0.25, -0.2) is 0 Å². The number of nitriles is 1. The van der Waals surface area contributed by atoms with Crippen molar-refractivity contribution in [3.05, 3.63) is 55.3 Å². The van der Waals surface area contributed by atoms with Gasteiger partial charge in [-0.05, 0) is 43.2 Å². The Balaban J connectivity index is 2.51. The molecule has 1 aromatic heterocycles. The van der Waals surface area contributed by atoms with E-state index in [4.69, 9.17) is 5.26 Å². The fraction of sp³-hybridized carbons (Fsp3) is 0.133. The molecule has 0 bridgehead atoms. The molecule has 0 saturated heterocycles. The summed E-state index contributed by atoms with van der Waals surface area (Å²) in [5.41, 5.74) is 1.79. The molecule has 2 aromatic rings. The Morgan fingerprint density at radius 2 is 2.14 bits per heavy atom. The van der Waals surface area contributed by atoms with Gasteiger partial charge in [0.05, 0.1) is 11.3 Å². The number of aromatic nitrogens is 1. The van der Waals surface area contributed by atoms with Crippen molar-refractivity contribution in [2.45, 2.75) is 13.8 Å². The van der Waals surface area contributed by atoms with Gasteiger partial charge < -0.3 is 5.11 Å². The second kappa shape index (κ2) is 5.94. The largest absolute Gasteiger partial charge is 0.494 e. The van der Waals surface area contributed by atoms with Gasteiger partial charge >= 0.3 is 0 Å². The number of aliphatic imine (C=N–C) groups is 1. The van der Waals surface area contributed by atoms with Crippen LogP contribution in [0.4, 0.5) is 5.69 Å². The van der Waals surface area contributed by atoms with Gasteiger partial charge in [-0.2, -0.15) is 5.26 Å². The summed E-state index contributed by atoms with van der Waals surface area (Å²) in [6.07, 6.45) is 1.44. The van der Waals surface area contributed by atoms with E-state index < -0.39 is 5.56 Å². The fourth-order valence-corrected chi connectivity index (χ4v) is 2.39. The van der Waals surface area contributed by atoms with E-state index >= 15 is 0 Å². The van der Waals surface area contributed by atoms with Crippen molar-refractivity contribution >= 4 is 27.8 Å². The van der Waals surface area contributed by atoms with Crippen LogP contribution in [-0.2, 0) is 0 Å². The topological polar surface area (TPSA) is 89.2 Å². The van der Waals surface area contributed by atoms with Gasteiger partial charge in [0.1, 0.15) is 11.6 Å². The molecule has 0 fully saturated rings. The minimum Gasteiger partial charge on any atom is -0.494 e. The molecular formula is C15H12BrN3O2. The highest BCUT2D eigenvalue weighted by Crippen LogP contribution is 2.24. The summed E-state index contributed by atoms with van der Waals surface area (Å²) in [7, 11) is 0. The number of aromatic hydroxyl groups is 1. The molecule has 0 amide bonds. The standard InChI is InChI=1S/C15H12BrN3O2/c1-8-5-10(16)3-4-13(8)18-7-12-9(2)11(6-17)14(20)19-15(12)21/h3-5,7H,1-2H3,(H2,19,20,21). The maximum absolute atomic E-state index is 11.5. The summed E-state index contributed by atoms with van der Waals surface area (Å²) in [6.45, 7) is 3.51. The molecule has 0 aliphatic rings. The van der Waals surface area contributed by atoms with Crippen molar-refractivity contribution in [1.82, 2.24) is 4.98 Å². The van der Waals surface area contributed by atoms with Crippen LogP contribution in [0.3, 0.4) is 0 Å². The van der Waals surface area contributed by atoms with Gasteiger partial charge in [0, 0.05) is 10.7 Å². The third kappa shape index (κ3) is 3.03. The maximum atomic E-state index is 11.5. The normalized spacial score (nSPS) is 10.8. The first-order valence-electron chi connectivity index (χ1n) is 6.10. The highest BCUT2D eigenvalue weighted by Gasteiger charge is 2.12. The Morgan fingerprint density at radius 1 is 1.43 bits per heavy atom. The number of benzene rings is 1. The van der Waals surface area contributed by atoms with Gasteiger partial charge in [-0.1, -0.05) is 15.9 Å². The number of halogens is 1. The van der Waals surface area contributed by atoms with E-state index in [2.05, 4.69) is 25.9 Å².